The van der Waals surface area contributed by atoms with E-state index in [0.29, 0.717) is 36.3 Å². The van der Waals surface area contributed by atoms with Crippen molar-refractivity contribution in [3.05, 3.63) is 11.8 Å². The molecule has 1 aliphatic carbocycles. The Labute approximate surface area is 126 Å². The van der Waals surface area contributed by atoms with E-state index in [-0.39, 0.29) is 0 Å². The van der Waals surface area contributed by atoms with E-state index in [1.807, 2.05) is 13.0 Å². The van der Waals surface area contributed by atoms with Crippen molar-refractivity contribution in [3.63, 3.8) is 0 Å². The van der Waals surface area contributed by atoms with Crippen LogP contribution >= 0.6 is 11.6 Å². The Kier molecular flexibility index (Phi) is 5.89. The van der Waals surface area contributed by atoms with E-state index in [1.54, 1.807) is 0 Å². The topological polar surface area (TPSA) is 47.0 Å². The molecule has 20 heavy (non-hydrogen) atoms. The van der Waals surface area contributed by atoms with E-state index in [9.17, 15) is 0 Å². The quantitative estimate of drug-likeness (QED) is 0.812. The summed E-state index contributed by atoms with van der Waals surface area (Å²) in [5.41, 5.74) is 0.923. The Morgan fingerprint density at radius 2 is 2.15 bits per heavy atom. The second-order valence-corrected chi connectivity index (χ2v) is 5.78. The summed E-state index contributed by atoms with van der Waals surface area (Å²) < 4.78 is 5.60. The van der Waals surface area contributed by atoms with E-state index in [1.165, 1.54) is 19.3 Å². The van der Waals surface area contributed by atoms with Crippen LogP contribution in [0.5, 0.6) is 5.88 Å². The Hall–Kier alpha value is -1.03. The number of ether oxygens (including phenoxy) is 1. The molecule has 0 radical (unpaired) electrons. The predicted molar refractivity (Wildman–Crippen MR) is 82.6 cm³/mol. The molecule has 0 saturated heterocycles. The highest BCUT2D eigenvalue weighted by Gasteiger charge is 2.25. The van der Waals surface area contributed by atoms with Gasteiger partial charge in [-0.1, -0.05) is 19.8 Å². The summed E-state index contributed by atoms with van der Waals surface area (Å²) in [5, 5.41) is 3.45. The molecule has 1 aromatic rings. The molecule has 0 aromatic carbocycles. The number of halogens is 1. The van der Waals surface area contributed by atoms with Crippen LogP contribution in [0, 0.1) is 12.8 Å². The highest BCUT2D eigenvalue weighted by molar-refractivity contribution is 6.18. The molecule has 1 aliphatic rings. The van der Waals surface area contributed by atoms with E-state index < -0.39 is 0 Å². The average molecular weight is 298 g/mol. The van der Waals surface area contributed by atoms with Crippen LogP contribution in [0.1, 0.15) is 44.7 Å². The average Bonchev–Trinajstić information content (AvgIpc) is 2.45. The number of alkyl halides is 1. The van der Waals surface area contributed by atoms with Gasteiger partial charge in [-0.15, -0.1) is 11.6 Å². The molecule has 1 heterocycles. The highest BCUT2D eigenvalue weighted by Crippen LogP contribution is 2.27. The Morgan fingerprint density at radius 1 is 1.35 bits per heavy atom. The van der Waals surface area contributed by atoms with Crippen LogP contribution in [-0.4, -0.2) is 28.5 Å². The van der Waals surface area contributed by atoms with Crippen molar-refractivity contribution in [2.45, 2.75) is 52.0 Å². The zero-order chi connectivity index (χ0) is 14.4. The minimum absolute atomic E-state index is 0.377. The zero-order valence-electron chi connectivity index (χ0n) is 12.4. The van der Waals surface area contributed by atoms with Gasteiger partial charge in [0.05, 0.1) is 6.61 Å². The first kappa shape index (κ1) is 15.4. The number of nitrogens with zero attached hydrogens (tertiary/aromatic N) is 2. The lowest BCUT2D eigenvalue weighted by Gasteiger charge is -2.30. The third-order valence-corrected chi connectivity index (χ3v) is 4.10. The molecule has 112 valence electrons. The predicted octanol–water partition coefficient (Wildman–Crippen LogP) is 3.78. The maximum Gasteiger partial charge on any atom is 0.226 e. The molecule has 0 amide bonds. The first-order valence-corrected chi connectivity index (χ1v) is 8.07. The first-order chi connectivity index (χ1) is 9.72. The molecule has 4 nitrogen and oxygen atoms in total. The Bertz CT molecular complexity index is 428. The molecule has 0 bridgehead atoms. The molecule has 1 saturated carbocycles. The summed E-state index contributed by atoms with van der Waals surface area (Å²) in [4.78, 5) is 8.91. The SMILES string of the molecule is CCCOc1cc(C)nc(NC2CCCCC2CCl)n1. The fourth-order valence-corrected chi connectivity index (χ4v) is 3.00. The van der Waals surface area contributed by atoms with Crippen LogP contribution in [0.3, 0.4) is 0 Å². The maximum absolute atomic E-state index is 6.07. The first-order valence-electron chi connectivity index (χ1n) is 7.54. The molecule has 1 fully saturated rings. The number of rotatable bonds is 6. The summed E-state index contributed by atoms with van der Waals surface area (Å²) in [5.74, 6) is 2.52. The lowest BCUT2D eigenvalue weighted by molar-refractivity contribution is 0.304. The fourth-order valence-electron chi connectivity index (χ4n) is 2.63. The Balaban J connectivity index is 2.05. The van der Waals surface area contributed by atoms with Crippen molar-refractivity contribution < 1.29 is 4.74 Å². The van der Waals surface area contributed by atoms with E-state index in [4.69, 9.17) is 16.3 Å². The fraction of sp³-hybridized carbons (Fsp3) is 0.733. The van der Waals surface area contributed by atoms with Crippen LogP contribution in [-0.2, 0) is 0 Å². The van der Waals surface area contributed by atoms with Crippen LogP contribution in [0.25, 0.3) is 0 Å². The summed E-state index contributed by atoms with van der Waals surface area (Å²) in [7, 11) is 0. The monoisotopic (exact) mass is 297 g/mol. The van der Waals surface area contributed by atoms with Gasteiger partial charge >= 0.3 is 0 Å². The molecule has 2 unspecified atom stereocenters. The molecule has 2 atom stereocenters. The maximum atomic E-state index is 6.07. The van der Waals surface area contributed by atoms with E-state index in [2.05, 4.69) is 22.2 Å². The highest BCUT2D eigenvalue weighted by atomic mass is 35.5. The Morgan fingerprint density at radius 3 is 2.90 bits per heavy atom. The van der Waals surface area contributed by atoms with Crippen LogP contribution < -0.4 is 10.1 Å². The van der Waals surface area contributed by atoms with Gasteiger partial charge in [-0.3, -0.25) is 0 Å². The summed E-state index contributed by atoms with van der Waals surface area (Å²) in [6, 6.07) is 2.25. The zero-order valence-corrected chi connectivity index (χ0v) is 13.1. The number of hydrogen-bond donors (Lipinski definition) is 1. The van der Waals surface area contributed by atoms with Crippen molar-refractivity contribution in [1.82, 2.24) is 9.97 Å². The second-order valence-electron chi connectivity index (χ2n) is 5.47. The summed E-state index contributed by atoms with van der Waals surface area (Å²) in [6.07, 6.45) is 5.82. The summed E-state index contributed by atoms with van der Waals surface area (Å²) >= 11 is 6.07. The second kappa shape index (κ2) is 7.67. The molecular weight excluding hydrogens is 274 g/mol. The van der Waals surface area contributed by atoms with Gasteiger partial charge in [0.2, 0.25) is 11.8 Å². The van der Waals surface area contributed by atoms with E-state index >= 15 is 0 Å². The van der Waals surface area contributed by atoms with Gasteiger partial charge in [-0.25, -0.2) is 4.98 Å². The minimum Gasteiger partial charge on any atom is -0.478 e. The number of nitrogens with one attached hydrogen (secondary N) is 1. The number of aromatic nitrogens is 2. The lowest BCUT2D eigenvalue weighted by Crippen LogP contribution is -2.34. The normalized spacial score (nSPS) is 22.6. The van der Waals surface area contributed by atoms with Crippen molar-refractivity contribution in [2.24, 2.45) is 5.92 Å². The summed E-state index contributed by atoms with van der Waals surface area (Å²) in [6.45, 7) is 4.73. The third-order valence-electron chi connectivity index (χ3n) is 3.71. The van der Waals surface area contributed by atoms with Gasteiger partial charge in [-0.2, -0.15) is 4.98 Å². The number of aryl methyl sites for hydroxylation is 1. The van der Waals surface area contributed by atoms with Crippen LogP contribution in [0.4, 0.5) is 5.95 Å². The van der Waals surface area contributed by atoms with Crippen LogP contribution in [0.2, 0.25) is 0 Å². The molecule has 1 N–H and O–H groups in total. The van der Waals surface area contributed by atoms with Gasteiger partial charge in [0.15, 0.2) is 0 Å². The molecule has 0 spiro atoms. The molecule has 5 heteroatoms. The number of hydrogen-bond acceptors (Lipinski definition) is 4. The van der Waals surface area contributed by atoms with Crippen molar-refractivity contribution >= 4 is 17.5 Å². The van der Waals surface area contributed by atoms with Gasteiger partial charge < -0.3 is 10.1 Å². The van der Waals surface area contributed by atoms with Gasteiger partial charge in [0.25, 0.3) is 0 Å². The largest absolute Gasteiger partial charge is 0.478 e. The van der Waals surface area contributed by atoms with Crippen molar-refractivity contribution in [2.75, 3.05) is 17.8 Å². The lowest BCUT2D eigenvalue weighted by atomic mass is 9.86. The molecule has 1 aromatic heterocycles. The van der Waals surface area contributed by atoms with Gasteiger partial charge in [0.1, 0.15) is 0 Å². The third kappa shape index (κ3) is 4.23. The smallest absolute Gasteiger partial charge is 0.226 e. The van der Waals surface area contributed by atoms with Crippen molar-refractivity contribution in [3.8, 4) is 5.88 Å². The minimum atomic E-state index is 0.377. The van der Waals surface area contributed by atoms with E-state index in [0.717, 1.165) is 18.5 Å². The number of anilines is 1. The standard InChI is InChI=1S/C15H24ClN3O/c1-3-8-20-14-9-11(2)17-15(19-14)18-13-7-5-4-6-12(13)10-16/h9,12-13H,3-8,10H2,1-2H3,(H,17,18,19). The molecular formula is C15H24ClN3O. The van der Waals surface area contributed by atoms with Crippen molar-refractivity contribution in [1.29, 1.82) is 0 Å². The van der Waals surface area contributed by atoms with Crippen LogP contribution in [0.15, 0.2) is 6.07 Å². The van der Waals surface area contributed by atoms with Gasteiger partial charge in [-0.05, 0) is 32.1 Å². The molecule has 0 aliphatic heterocycles. The molecule has 2 rings (SSSR count). The van der Waals surface area contributed by atoms with Gasteiger partial charge in [0, 0.05) is 23.7 Å².